The van der Waals surface area contributed by atoms with Gasteiger partial charge in [0.15, 0.2) is 11.5 Å². The molecule has 9 nitrogen and oxygen atoms in total. The second kappa shape index (κ2) is 7.74. The Hall–Kier alpha value is -3.49. The van der Waals surface area contributed by atoms with E-state index in [0.717, 1.165) is 0 Å². The third kappa shape index (κ3) is 3.06. The van der Waals surface area contributed by atoms with E-state index in [2.05, 4.69) is 5.10 Å². The van der Waals surface area contributed by atoms with Crippen LogP contribution in [0, 0.1) is 13.8 Å². The summed E-state index contributed by atoms with van der Waals surface area (Å²) in [5, 5.41) is 15.4. The molecule has 0 radical (unpaired) electrons. The highest BCUT2D eigenvalue weighted by atomic mass is 16.5. The Labute approximate surface area is 174 Å². The average molecular weight is 415 g/mol. The molecule has 30 heavy (non-hydrogen) atoms. The Morgan fingerprint density at radius 1 is 1.03 bits per heavy atom. The van der Waals surface area contributed by atoms with E-state index in [4.69, 9.17) is 14.2 Å². The molecule has 0 saturated carbocycles. The molecule has 1 atom stereocenters. The van der Waals surface area contributed by atoms with Gasteiger partial charge < -0.3 is 24.2 Å². The molecule has 1 saturated heterocycles. The molecule has 1 amide bonds. The number of nitrogens with zero attached hydrogens (tertiary/aromatic N) is 3. The zero-order chi connectivity index (χ0) is 22.3. The smallest absolute Gasteiger partial charge is 0.295 e. The first-order valence-electron chi connectivity index (χ1n) is 9.22. The fourth-order valence-corrected chi connectivity index (χ4v) is 3.85. The van der Waals surface area contributed by atoms with Crippen LogP contribution in [0.4, 0.5) is 0 Å². The first-order chi connectivity index (χ1) is 14.2. The molecule has 1 N–H and O–H groups in total. The van der Waals surface area contributed by atoms with Crippen LogP contribution < -0.4 is 14.2 Å². The van der Waals surface area contributed by atoms with Gasteiger partial charge in [0.2, 0.25) is 5.75 Å². The number of rotatable bonds is 5. The minimum atomic E-state index is -0.835. The molecule has 1 aromatic heterocycles. The van der Waals surface area contributed by atoms with Crippen molar-refractivity contribution in [2.24, 2.45) is 7.05 Å². The molecule has 2 aromatic rings. The van der Waals surface area contributed by atoms with Crippen LogP contribution in [-0.4, -0.2) is 59.9 Å². The number of aliphatic hydroxyl groups is 1. The molecule has 1 fully saturated rings. The normalized spacial score (nSPS) is 18.1. The minimum Gasteiger partial charge on any atom is -0.507 e. The summed E-state index contributed by atoms with van der Waals surface area (Å²) in [6.07, 6.45) is 0. The first-order valence-corrected chi connectivity index (χ1v) is 9.22. The number of aliphatic hydroxyl groups excluding tert-OH is 1. The van der Waals surface area contributed by atoms with Crippen LogP contribution in [-0.2, 0) is 16.6 Å². The molecule has 1 aliphatic rings. The molecule has 9 heteroatoms. The van der Waals surface area contributed by atoms with Crippen molar-refractivity contribution in [3.05, 3.63) is 40.2 Å². The zero-order valence-corrected chi connectivity index (χ0v) is 18.1. The quantitative estimate of drug-likeness (QED) is 0.453. The lowest BCUT2D eigenvalue weighted by molar-refractivity contribution is -0.139. The summed E-state index contributed by atoms with van der Waals surface area (Å²) < 4.78 is 17.8. The highest BCUT2D eigenvalue weighted by Crippen LogP contribution is 2.45. The van der Waals surface area contributed by atoms with E-state index >= 15 is 0 Å². The number of hydrogen-bond donors (Lipinski definition) is 1. The predicted octanol–water partition coefficient (Wildman–Crippen LogP) is 2.11. The van der Waals surface area contributed by atoms with Crippen molar-refractivity contribution in [1.29, 1.82) is 0 Å². The summed E-state index contributed by atoms with van der Waals surface area (Å²) in [5.74, 6) is -0.611. The third-order valence-corrected chi connectivity index (χ3v) is 5.42. The first kappa shape index (κ1) is 21.2. The third-order valence-electron chi connectivity index (χ3n) is 5.42. The van der Waals surface area contributed by atoms with Crippen LogP contribution in [0.2, 0.25) is 0 Å². The number of likely N-dealkylation sites (tertiary alicyclic amines) is 1. The number of aromatic nitrogens is 2. The summed E-state index contributed by atoms with van der Waals surface area (Å²) in [4.78, 5) is 26.7. The Morgan fingerprint density at radius 2 is 1.60 bits per heavy atom. The number of ether oxygens (including phenoxy) is 3. The van der Waals surface area contributed by atoms with Crippen LogP contribution in [0.5, 0.6) is 17.2 Å². The number of likely N-dealkylation sites (N-methyl/N-ethyl adjacent to an activating group) is 1. The van der Waals surface area contributed by atoms with E-state index in [0.29, 0.717) is 39.8 Å². The van der Waals surface area contributed by atoms with Crippen molar-refractivity contribution in [3.63, 3.8) is 0 Å². The van der Waals surface area contributed by atoms with Gasteiger partial charge in [-0.05, 0) is 31.5 Å². The Balaban J connectivity index is 2.29. The van der Waals surface area contributed by atoms with Crippen LogP contribution in [0.3, 0.4) is 0 Å². The number of Topliss-reactive ketones (excluding diaryl/α,β-unsaturated/α-hetero) is 1. The second-order valence-corrected chi connectivity index (χ2v) is 7.04. The van der Waals surface area contributed by atoms with Crippen molar-refractivity contribution >= 4 is 17.4 Å². The fraction of sp³-hybridized carbons (Fsp3) is 0.381. The minimum absolute atomic E-state index is 0.0176. The van der Waals surface area contributed by atoms with Gasteiger partial charge in [-0.2, -0.15) is 5.10 Å². The molecule has 160 valence electrons. The van der Waals surface area contributed by atoms with Crippen molar-refractivity contribution in [2.75, 3.05) is 28.4 Å². The Bertz CT molecular complexity index is 1040. The zero-order valence-electron chi connectivity index (χ0n) is 18.1. The van der Waals surface area contributed by atoms with E-state index in [1.807, 2.05) is 0 Å². The Kier molecular flexibility index (Phi) is 5.47. The predicted molar refractivity (Wildman–Crippen MR) is 109 cm³/mol. The van der Waals surface area contributed by atoms with Crippen molar-refractivity contribution in [1.82, 2.24) is 14.7 Å². The van der Waals surface area contributed by atoms with Crippen molar-refractivity contribution in [2.45, 2.75) is 19.9 Å². The van der Waals surface area contributed by atoms with Gasteiger partial charge in [0, 0.05) is 19.8 Å². The number of carbonyl (C=O) groups excluding carboxylic acids is 2. The van der Waals surface area contributed by atoms with Gasteiger partial charge in [-0.15, -0.1) is 0 Å². The maximum Gasteiger partial charge on any atom is 0.295 e. The van der Waals surface area contributed by atoms with Gasteiger partial charge in [0.25, 0.3) is 11.7 Å². The number of carbonyl (C=O) groups is 2. The largest absolute Gasteiger partial charge is 0.507 e. The number of hydrogen-bond acceptors (Lipinski definition) is 7. The summed E-state index contributed by atoms with van der Waals surface area (Å²) >= 11 is 0. The SMILES string of the molecule is COc1cc(C2/C(=C(\O)c3c(C)nn(C)c3C)C(=O)C(=O)N2C)cc(OC)c1OC. The highest BCUT2D eigenvalue weighted by Gasteiger charge is 2.45. The summed E-state index contributed by atoms with van der Waals surface area (Å²) in [7, 11) is 7.70. The van der Waals surface area contributed by atoms with Crippen LogP contribution >= 0.6 is 0 Å². The maximum atomic E-state index is 12.9. The number of methoxy groups -OCH3 is 3. The lowest BCUT2D eigenvalue weighted by Crippen LogP contribution is -2.25. The van der Waals surface area contributed by atoms with E-state index in [1.54, 1.807) is 37.7 Å². The number of aryl methyl sites for hydroxylation is 2. The van der Waals surface area contributed by atoms with Gasteiger partial charge in [-0.25, -0.2) is 0 Å². The van der Waals surface area contributed by atoms with Gasteiger partial charge in [0.05, 0.1) is 44.2 Å². The molecular formula is C21H25N3O6. The van der Waals surface area contributed by atoms with Crippen LogP contribution in [0.25, 0.3) is 5.76 Å². The summed E-state index contributed by atoms with van der Waals surface area (Å²) in [6.45, 7) is 3.52. The molecular weight excluding hydrogens is 390 g/mol. The van der Waals surface area contributed by atoms with E-state index in [9.17, 15) is 14.7 Å². The van der Waals surface area contributed by atoms with Gasteiger partial charge >= 0.3 is 0 Å². The van der Waals surface area contributed by atoms with Gasteiger partial charge in [-0.1, -0.05) is 0 Å². The second-order valence-electron chi connectivity index (χ2n) is 7.04. The van der Waals surface area contributed by atoms with Gasteiger partial charge in [0.1, 0.15) is 5.76 Å². The van der Waals surface area contributed by atoms with Crippen molar-refractivity contribution in [3.8, 4) is 17.2 Å². The highest BCUT2D eigenvalue weighted by molar-refractivity contribution is 6.46. The van der Waals surface area contributed by atoms with Crippen LogP contribution in [0.1, 0.15) is 28.6 Å². The van der Waals surface area contributed by atoms with E-state index in [-0.39, 0.29) is 11.3 Å². The molecule has 0 aliphatic carbocycles. The number of benzene rings is 1. The average Bonchev–Trinajstić information content (AvgIpc) is 3.12. The number of amides is 1. The van der Waals surface area contributed by atoms with E-state index in [1.165, 1.54) is 33.3 Å². The Morgan fingerprint density at radius 3 is 2.03 bits per heavy atom. The lowest BCUT2D eigenvalue weighted by atomic mass is 9.94. The molecule has 3 rings (SSSR count). The molecule has 1 aromatic carbocycles. The van der Waals surface area contributed by atoms with E-state index < -0.39 is 17.7 Å². The number of ketones is 1. The topological polar surface area (TPSA) is 103 Å². The lowest BCUT2D eigenvalue weighted by Gasteiger charge is -2.23. The fourth-order valence-electron chi connectivity index (χ4n) is 3.85. The molecule has 0 bridgehead atoms. The molecule has 2 heterocycles. The monoisotopic (exact) mass is 415 g/mol. The summed E-state index contributed by atoms with van der Waals surface area (Å²) in [5.41, 5.74) is 2.18. The summed E-state index contributed by atoms with van der Waals surface area (Å²) in [6, 6.07) is 2.48. The molecule has 1 aliphatic heterocycles. The van der Waals surface area contributed by atoms with Crippen molar-refractivity contribution < 1.29 is 28.9 Å². The molecule has 0 spiro atoms. The standard InChI is InChI=1S/C21H25N3O6/c1-10-15(11(2)24(4)22-10)18(25)16-17(23(3)21(27)19(16)26)12-8-13(28-5)20(30-7)14(9-12)29-6/h8-9,17,25H,1-7H3/b18-16+. The molecule has 1 unspecified atom stereocenters. The van der Waals surface area contributed by atoms with Crippen LogP contribution in [0.15, 0.2) is 17.7 Å². The van der Waals surface area contributed by atoms with Gasteiger partial charge in [-0.3, -0.25) is 14.3 Å². The maximum absolute atomic E-state index is 12.9.